The molecule has 0 spiro atoms. The van der Waals surface area contributed by atoms with Crippen LogP contribution in [0.3, 0.4) is 0 Å². The zero-order valence-corrected chi connectivity index (χ0v) is 38.6. The molecule has 0 aliphatic carbocycles. The highest BCUT2D eigenvalue weighted by Gasteiger charge is 2.30. The first-order valence-corrected chi connectivity index (χ1v) is 23.2. The van der Waals surface area contributed by atoms with Gasteiger partial charge in [0.05, 0.1) is 12.2 Å². The fourth-order valence-electron chi connectivity index (χ4n) is 8.70. The number of piperidine rings is 1. The van der Waals surface area contributed by atoms with E-state index in [1.165, 1.54) is 58.8 Å². The van der Waals surface area contributed by atoms with E-state index in [2.05, 4.69) is 83.1 Å². The molecule has 8 nitrogen and oxygen atoms in total. The number of nitrogens with zero attached hydrogens (tertiary/aromatic N) is 2. The molecule has 3 aliphatic rings. The van der Waals surface area contributed by atoms with E-state index in [1.807, 2.05) is 67.7 Å². The van der Waals surface area contributed by atoms with Crippen molar-refractivity contribution in [3.8, 4) is 23.0 Å². The highest BCUT2D eigenvalue weighted by molar-refractivity contribution is 5.71. The number of alkyl halides is 3. The number of halogens is 4. The number of para-hydroxylation sites is 2. The lowest BCUT2D eigenvalue weighted by molar-refractivity contribution is -0.137. The van der Waals surface area contributed by atoms with Crippen molar-refractivity contribution in [2.24, 2.45) is 5.92 Å². The van der Waals surface area contributed by atoms with Crippen LogP contribution in [0.25, 0.3) is 0 Å². The summed E-state index contributed by atoms with van der Waals surface area (Å²) in [7, 11) is 6.13. The Morgan fingerprint density at radius 1 is 0.776 bits per heavy atom. The molecule has 3 aliphatic heterocycles. The molecule has 6 aromatic carbocycles. The van der Waals surface area contributed by atoms with E-state index in [0.29, 0.717) is 24.2 Å². The van der Waals surface area contributed by atoms with E-state index < -0.39 is 11.7 Å². The highest BCUT2D eigenvalue weighted by atomic mass is 19.4. The molecule has 354 valence electrons. The lowest BCUT2D eigenvalue weighted by Gasteiger charge is -2.32. The van der Waals surface area contributed by atoms with E-state index in [0.717, 1.165) is 93.4 Å². The summed E-state index contributed by atoms with van der Waals surface area (Å²) < 4.78 is 73.4. The van der Waals surface area contributed by atoms with Crippen molar-refractivity contribution in [2.45, 2.75) is 50.3 Å². The summed E-state index contributed by atoms with van der Waals surface area (Å²) in [6, 6.07) is 44.6. The Morgan fingerprint density at radius 2 is 1.42 bits per heavy atom. The van der Waals surface area contributed by atoms with Crippen molar-refractivity contribution < 1.29 is 36.5 Å². The minimum absolute atomic E-state index is 0.194. The van der Waals surface area contributed by atoms with E-state index in [-0.39, 0.29) is 18.7 Å². The van der Waals surface area contributed by atoms with Crippen molar-refractivity contribution in [3.05, 3.63) is 179 Å². The number of aryl methyl sites for hydroxylation is 2. The molecule has 3 heterocycles. The maximum absolute atomic E-state index is 13.2. The van der Waals surface area contributed by atoms with E-state index in [9.17, 15) is 17.6 Å². The minimum atomic E-state index is -4.33. The number of nitrogens with one attached hydrogen (secondary N) is 2. The molecule has 6 aromatic rings. The molecular formula is C55H62F4N4O4. The summed E-state index contributed by atoms with van der Waals surface area (Å²) in [5.74, 6) is 3.22. The number of hydrogen-bond acceptors (Lipinski definition) is 8. The van der Waals surface area contributed by atoms with Crippen LogP contribution in [0.1, 0.15) is 59.1 Å². The second-order valence-corrected chi connectivity index (χ2v) is 17.2. The number of hydrogen-bond donors (Lipinski definition) is 2. The normalized spacial score (nSPS) is 16.6. The first kappa shape index (κ1) is 48.8. The largest absolute Gasteiger partial charge is 0.493 e. The monoisotopic (exact) mass is 918 g/mol. The SMILES string of the molecule is CN(C)CCCN1c2ccccc2CCc2ccccc21.CNCCC(Oc1ccc(C(F)(F)F)cc1)c1ccccc1.Fc1ccc([C@@H]2CCNC[C@H]2COc2ccc3c(c2)OCO3)cc1. The molecule has 0 bridgehead atoms. The van der Waals surface area contributed by atoms with Crippen LogP contribution >= 0.6 is 0 Å². The van der Waals surface area contributed by atoms with Gasteiger partial charge in [-0.1, -0.05) is 78.9 Å². The Hall–Kier alpha value is -6.08. The standard InChI is InChI=1S/C19H20FNO3.C19H24N2.C17H18F3NO/c20-15-3-1-13(2-4-15)17-7-8-21-10-14(17)11-22-16-5-6-18-19(9-16)24-12-23-18;1-20(2)14-7-15-21-18-10-5-3-8-16(18)12-13-17-9-4-6-11-19(17)21;1-21-12-11-16(13-5-3-2-4-6-13)22-15-9-7-14(8-10-15)17(18,19)20/h1-6,9,14,17,21H,7-8,10-12H2;3-6,8-11H,7,12-15H2,1-2H3;2-10,16,21H,11-12H2,1H3/t14-,17-;;/m0../s1. The summed E-state index contributed by atoms with van der Waals surface area (Å²) in [5, 5.41) is 6.48. The average Bonchev–Trinajstić information content (AvgIpc) is 3.76. The summed E-state index contributed by atoms with van der Waals surface area (Å²) in [4.78, 5) is 4.77. The molecule has 1 unspecified atom stereocenters. The summed E-state index contributed by atoms with van der Waals surface area (Å²) in [5.41, 5.74) is 7.22. The maximum Gasteiger partial charge on any atom is 0.416 e. The van der Waals surface area contributed by atoms with Gasteiger partial charge in [-0.3, -0.25) is 0 Å². The van der Waals surface area contributed by atoms with Crippen LogP contribution in [0, 0.1) is 11.7 Å². The minimum Gasteiger partial charge on any atom is -0.493 e. The Bertz CT molecular complexity index is 2370. The molecule has 1 saturated heterocycles. The van der Waals surface area contributed by atoms with Crippen LogP contribution in [0.5, 0.6) is 23.0 Å². The van der Waals surface area contributed by atoms with Crippen LogP contribution in [-0.4, -0.2) is 72.2 Å². The third kappa shape index (κ3) is 14.0. The Balaban J connectivity index is 0.000000150. The van der Waals surface area contributed by atoms with E-state index >= 15 is 0 Å². The Kier molecular flexibility index (Phi) is 17.6. The average molecular weight is 919 g/mol. The van der Waals surface area contributed by atoms with Crippen LogP contribution in [0.15, 0.2) is 146 Å². The topological polar surface area (TPSA) is 67.5 Å². The van der Waals surface area contributed by atoms with Gasteiger partial charge in [0, 0.05) is 42.9 Å². The molecule has 67 heavy (non-hydrogen) atoms. The van der Waals surface area contributed by atoms with Crippen LogP contribution in [0.2, 0.25) is 0 Å². The summed E-state index contributed by atoms with van der Waals surface area (Å²) in [6.45, 7) is 5.69. The zero-order chi connectivity index (χ0) is 47.0. The maximum atomic E-state index is 13.2. The molecule has 0 saturated carbocycles. The first-order valence-electron chi connectivity index (χ1n) is 23.2. The summed E-state index contributed by atoms with van der Waals surface area (Å²) >= 11 is 0. The van der Waals surface area contributed by atoms with Gasteiger partial charge >= 0.3 is 6.18 Å². The van der Waals surface area contributed by atoms with Gasteiger partial charge in [-0.25, -0.2) is 4.39 Å². The molecule has 3 atom stereocenters. The van der Waals surface area contributed by atoms with Crippen LogP contribution < -0.4 is 34.5 Å². The lowest BCUT2D eigenvalue weighted by Crippen LogP contribution is -2.38. The molecule has 2 N–H and O–H groups in total. The predicted octanol–water partition coefficient (Wildman–Crippen LogP) is 11.6. The van der Waals surface area contributed by atoms with Crippen LogP contribution in [0.4, 0.5) is 28.9 Å². The first-order chi connectivity index (χ1) is 32.6. The second kappa shape index (κ2) is 24.1. The van der Waals surface area contributed by atoms with Crippen molar-refractivity contribution in [1.82, 2.24) is 15.5 Å². The van der Waals surface area contributed by atoms with Gasteiger partial charge in [-0.05, 0) is 155 Å². The molecular weight excluding hydrogens is 857 g/mol. The third-order valence-electron chi connectivity index (χ3n) is 12.2. The number of rotatable bonds is 14. The fourth-order valence-corrected chi connectivity index (χ4v) is 8.70. The smallest absolute Gasteiger partial charge is 0.416 e. The highest BCUT2D eigenvalue weighted by Crippen LogP contribution is 2.38. The van der Waals surface area contributed by atoms with Gasteiger partial charge in [-0.2, -0.15) is 13.2 Å². The molecule has 1 fully saturated rings. The quantitative estimate of drug-likeness (QED) is 0.105. The van der Waals surface area contributed by atoms with Crippen molar-refractivity contribution in [3.63, 3.8) is 0 Å². The third-order valence-corrected chi connectivity index (χ3v) is 12.2. The van der Waals surface area contributed by atoms with Gasteiger partial charge in [0.25, 0.3) is 0 Å². The van der Waals surface area contributed by atoms with E-state index in [1.54, 1.807) is 0 Å². The Morgan fingerprint density at radius 3 is 2.07 bits per heavy atom. The summed E-state index contributed by atoms with van der Waals surface area (Å²) in [6.07, 6.45) is 0.668. The lowest BCUT2D eigenvalue weighted by atomic mass is 9.81. The van der Waals surface area contributed by atoms with Gasteiger partial charge in [-0.15, -0.1) is 0 Å². The molecule has 0 amide bonds. The molecule has 12 heteroatoms. The van der Waals surface area contributed by atoms with Crippen molar-refractivity contribution >= 4 is 11.4 Å². The van der Waals surface area contributed by atoms with Gasteiger partial charge in [0.2, 0.25) is 6.79 Å². The van der Waals surface area contributed by atoms with Crippen molar-refractivity contribution in [1.29, 1.82) is 0 Å². The molecule has 9 rings (SSSR count). The fraction of sp³-hybridized carbons (Fsp3) is 0.345. The second-order valence-electron chi connectivity index (χ2n) is 17.2. The van der Waals surface area contributed by atoms with Gasteiger partial charge in [0.15, 0.2) is 11.5 Å². The molecule has 0 radical (unpaired) electrons. The Labute approximate surface area is 392 Å². The van der Waals surface area contributed by atoms with Crippen LogP contribution in [-0.2, 0) is 19.0 Å². The van der Waals surface area contributed by atoms with E-state index in [4.69, 9.17) is 18.9 Å². The zero-order valence-electron chi connectivity index (χ0n) is 38.6. The van der Waals surface area contributed by atoms with Gasteiger partial charge in [0.1, 0.15) is 23.4 Å². The number of fused-ring (bicyclic) bond motifs is 3. The number of ether oxygens (including phenoxy) is 4. The van der Waals surface area contributed by atoms with Gasteiger partial charge < -0.3 is 39.4 Å². The number of anilines is 2. The van der Waals surface area contributed by atoms with Crippen molar-refractivity contribution in [2.75, 3.05) is 72.2 Å². The number of benzene rings is 6. The predicted molar refractivity (Wildman–Crippen MR) is 258 cm³/mol. The molecule has 0 aromatic heterocycles.